The summed E-state index contributed by atoms with van der Waals surface area (Å²) in [6, 6.07) is 9.53. The molecule has 0 fully saturated rings. The molecule has 1 atom stereocenters. The monoisotopic (exact) mass is 397 g/mol. The highest BCUT2D eigenvalue weighted by Crippen LogP contribution is 2.30. The summed E-state index contributed by atoms with van der Waals surface area (Å²) < 4.78 is 37.6. The summed E-state index contributed by atoms with van der Waals surface area (Å²) in [6.07, 6.45) is -5.13. The van der Waals surface area contributed by atoms with Gasteiger partial charge in [0.2, 0.25) is 0 Å². The molecular weight excluding hydrogens is 383 g/mol. The first-order valence-electron chi connectivity index (χ1n) is 7.59. The molecule has 0 saturated carbocycles. The minimum atomic E-state index is -4.42. The molecular formula is C18H14F3NO2S2. The zero-order chi connectivity index (χ0) is 18.7. The van der Waals surface area contributed by atoms with E-state index >= 15 is 0 Å². The Morgan fingerprint density at radius 2 is 1.85 bits per heavy atom. The summed E-state index contributed by atoms with van der Waals surface area (Å²) in [5.41, 5.74) is 0.185. The summed E-state index contributed by atoms with van der Waals surface area (Å²) >= 11 is 2.87. The first kappa shape index (κ1) is 18.6. The van der Waals surface area contributed by atoms with E-state index in [0.717, 1.165) is 39.6 Å². The quantitative estimate of drug-likeness (QED) is 0.647. The van der Waals surface area contributed by atoms with Gasteiger partial charge < -0.3 is 10.4 Å². The molecule has 8 heteroatoms. The minimum absolute atomic E-state index is 0.160. The Hall–Kier alpha value is -2.16. The first-order chi connectivity index (χ1) is 12.3. The van der Waals surface area contributed by atoms with Gasteiger partial charge in [0.05, 0.1) is 12.1 Å². The van der Waals surface area contributed by atoms with Gasteiger partial charge in [-0.05, 0) is 58.8 Å². The van der Waals surface area contributed by atoms with E-state index in [1.165, 1.54) is 22.7 Å². The van der Waals surface area contributed by atoms with Gasteiger partial charge >= 0.3 is 6.18 Å². The first-order valence-corrected chi connectivity index (χ1v) is 9.35. The van der Waals surface area contributed by atoms with Crippen molar-refractivity contribution < 1.29 is 23.1 Å². The second-order valence-electron chi connectivity index (χ2n) is 5.52. The topological polar surface area (TPSA) is 49.3 Å². The highest BCUT2D eigenvalue weighted by molar-refractivity contribution is 7.12. The van der Waals surface area contributed by atoms with Crippen LogP contribution in [0.3, 0.4) is 0 Å². The second-order valence-corrected chi connectivity index (χ2v) is 7.50. The number of rotatable bonds is 5. The van der Waals surface area contributed by atoms with Gasteiger partial charge in [-0.1, -0.05) is 0 Å². The molecule has 0 aliphatic heterocycles. The average Bonchev–Trinajstić information content (AvgIpc) is 3.30. The lowest BCUT2D eigenvalue weighted by atomic mass is 10.1. The van der Waals surface area contributed by atoms with Crippen LogP contribution in [-0.2, 0) is 12.7 Å². The maximum atomic E-state index is 12.5. The highest BCUT2D eigenvalue weighted by atomic mass is 32.1. The molecule has 2 N–H and O–H groups in total. The van der Waals surface area contributed by atoms with Crippen LogP contribution in [-0.4, -0.2) is 11.0 Å². The summed E-state index contributed by atoms with van der Waals surface area (Å²) in [5.74, 6) is -0.452. The van der Waals surface area contributed by atoms with E-state index in [2.05, 4.69) is 5.32 Å². The van der Waals surface area contributed by atoms with Crippen molar-refractivity contribution in [2.45, 2.75) is 18.8 Å². The number of carbonyl (C=O) groups excluding carboxylic acids is 1. The number of benzene rings is 1. The third-order valence-electron chi connectivity index (χ3n) is 3.71. The summed E-state index contributed by atoms with van der Waals surface area (Å²) in [4.78, 5) is 13.7. The maximum Gasteiger partial charge on any atom is 0.416 e. The van der Waals surface area contributed by atoms with Gasteiger partial charge in [0.25, 0.3) is 5.91 Å². The number of nitrogens with one attached hydrogen (secondary N) is 1. The fourth-order valence-electron chi connectivity index (χ4n) is 2.31. The van der Waals surface area contributed by atoms with Crippen molar-refractivity contribution in [2.75, 3.05) is 0 Å². The number of amides is 1. The summed E-state index contributed by atoms with van der Waals surface area (Å²) in [7, 11) is 0. The number of aliphatic hydroxyl groups is 1. The minimum Gasteiger partial charge on any atom is -0.383 e. The predicted molar refractivity (Wildman–Crippen MR) is 95.3 cm³/mol. The predicted octanol–water partition coefficient (Wildman–Crippen LogP) is 4.84. The van der Waals surface area contributed by atoms with Crippen molar-refractivity contribution >= 4 is 28.6 Å². The number of alkyl halides is 3. The average molecular weight is 397 g/mol. The Kier molecular flexibility index (Phi) is 5.45. The zero-order valence-corrected chi connectivity index (χ0v) is 14.9. The number of halogens is 3. The Balaban J connectivity index is 1.60. The summed E-state index contributed by atoms with van der Waals surface area (Å²) in [6.45, 7) is 0.237. The molecule has 136 valence electrons. The van der Waals surface area contributed by atoms with Gasteiger partial charge in [0, 0.05) is 15.3 Å². The van der Waals surface area contributed by atoms with Gasteiger partial charge in [0.1, 0.15) is 6.10 Å². The molecule has 0 aliphatic carbocycles. The molecule has 2 aromatic heterocycles. The van der Waals surface area contributed by atoms with E-state index in [9.17, 15) is 23.1 Å². The normalized spacial score (nSPS) is 12.8. The van der Waals surface area contributed by atoms with Crippen LogP contribution in [0.15, 0.2) is 53.2 Å². The van der Waals surface area contributed by atoms with Gasteiger partial charge in [-0.3, -0.25) is 4.79 Å². The van der Waals surface area contributed by atoms with Crippen LogP contribution in [0.5, 0.6) is 0 Å². The van der Waals surface area contributed by atoms with E-state index in [0.29, 0.717) is 0 Å². The van der Waals surface area contributed by atoms with Crippen LogP contribution in [0, 0.1) is 0 Å². The van der Waals surface area contributed by atoms with Gasteiger partial charge in [0.15, 0.2) is 0 Å². The van der Waals surface area contributed by atoms with Gasteiger partial charge in [-0.2, -0.15) is 24.5 Å². The van der Waals surface area contributed by atoms with Crippen LogP contribution >= 0.6 is 22.7 Å². The van der Waals surface area contributed by atoms with Crippen LogP contribution in [0.25, 0.3) is 0 Å². The fraction of sp³-hybridized carbons (Fsp3) is 0.167. The van der Waals surface area contributed by atoms with Crippen molar-refractivity contribution in [1.82, 2.24) is 5.32 Å². The smallest absolute Gasteiger partial charge is 0.383 e. The van der Waals surface area contributed by atoms with E-state index in [-0.39, 0.29) is 12.1 Å². The van der Waals surface area contributed by atoms with Gasteiger partial charge in [-0.25, -0.2) is 0 Å². The second kappa shape index (κ2) is 7.61. The van der Waals surface area contributed by atoms with Crippen molar-refractivity contribution in [3.63, 3.8) is 0 Å². The molecule has 0 aliphatic rings. The largest absolute Gasteiger partial charge is 0.416 e. The van der Waals surface area contributed by atoms with Crippen molar-refractivity contribution in [1.29, 1.82) is 0 Å². The van der Waals surface area contributed by atoms with Crippen LogP contribution in [0.2, 0.25) is 0 Å². The Labute approximate surface area is 155 Å². The molecule has 0 radical (unpaired) electrons. The lowest BCUT2D eigenvalue weighted by molar-refractivity contribution is -0.137. The van der Waals surface area contributed by atoms with Crippen LogP contribution < -0.4 is 5.32 Å². The Bertz CT molecular complexity index is 871. The molecule has 0 spiro atoms. The number of hydrogen-bond acceptors (Lipinski definition) is 4. The van der Waals surface area contributed by atoms with E-state index in [1.54, 1.807) is 6.07 Å². The van der Waals surface area contributed by atoms with Crippen LogP contribution in [0.1, 0.15) is 37.3 Å². The molecule has 0 saturated heterocycles. The number of carbonyl (C=O) groups is 1. The lowest BCUT2D eigenvalue weighted by Gasteiger charge is -2.08. The fourth-order valence-corrected chi connectivity index (χ4v) is 3.96. The molecule has 1 aromatic carbocycles. The number of thiophene rings is 2. The third-order valence-corrected chi connectivity index (χ3v) is 5.55. The van der Waals surface area contributed by atoms with E-state index in [4.69, 9.17) is 0 Å². The van der Waals surface area contributed by atoms with E-state index in [1.807, 2.05) is 22.9 Å². The molecule has 3 rings (SSSR count). The number of aliphatic hydroxyl groups excluding tert-OH is 1. The Morgan fingerprint density at radius 1 is 1.12 bits per heavy atom. The molecule has 26 heavy (non-hydrogen) atoms. The van der Waals surface area contributed by atoms with Crippen molar-refractivity contribution in [3.05, 3.63) is 79.7 Å². The standard InChI is InChI=1S/C18H14F3NO2S2/c19-18(20,21)13-3-1-11(2-4-13)17(24)22-9-14-5-6-15(26-14)16(23)12-7-8-25-10-12/h1-8,10,16,23H,9H2,(H,22,24). The van der Waals surface area contributed by atoms with Crippen LogP contribution in [0.4, 0.5) is 13.2 Å². The Morgan fingerprint density at radius 3 is 2.46 bits per heavy atom. The molecule has 2 heterocycles. The van der Waals surface area contributed by atoms with Gasteiger partial charge in [-0.15, -0.1) is 11.3 Å². The van der Waals surface area contributed by atoms with Crippen molar-refractivity contribution in [3.8, 4) is 0 Å². The maximum absolute atomic E-state index is 12.5. The zero-order valence-electron chi connectivity index (χ0n) is 13.3. The third kappa shape index (κ3) is 4.32. The molecule has 3 nitrogen and oxygen atoms in total. The molecule has 1 amide bonds. The highest BCUT2D eigenvalue weighted by Gasteiger charge is 2.30. The summed E-state index contributed by atoms with van der Waals surface area (Å²) in [5, 5.41) is 16.7. The van der Waals surface area contributed by atoms with Crippen molar-refractivity contribution in [2.24, 2.45) is 0 Å². The SMILES string of the molecule is O=C(NCc1ccc(C(O)c2ccsc2)s1)c1ccc(C(F)(F)F)cc1. The molecule has 1 unspecified atom stereocenters. The number of hydrogen-bond donors (Lipinski definition) is 2. The molecule has 0 bridgehead atoms. The molecule has 3 aromatic rings. The lowest BCUT2D eigenvalue weighted by Crippen LogP contribution is -2.22. The van der Waals surface area contributed by atoms with E-state index < -0.39 is 23.8 Å².